The molecule has 0 atom stereocenters. The first-order chi connectivity index (χ1) is 15.7. The maximum Gasteiger partial charge on any atom is 0.434 e. The number of nitrogens with one attached hydrogen (secondary N) is 1. The lowest BCUT2D eigenvalue weighted by molar-refractivity contribution is -0.143. The molecule has 1 N–H and O–H groups in total. The second-order valence-corrected chi connectivity index (χ2v) is 7.23. The predicted molar refractivity (Wildman–Crippen MR) is 106 cm³/mol. The molecule has 0 aliphatic heterocycles. The summed E-state index contributed by atoms with van der Waals surface area (Å²) in [7, 11) is 1.32. The molecule has 0 unspecified atom stereocenters. The molecular formula is C19H11F5N6O2S. The quantitative estimate of drug-likeness (QED) is 0.425. The fraction of sp³-hybridized carbons (Fsp3) is 0.105. The molecule has 4 aromatic rings. The number of rotatable bonds is 5. The normalized spacial score (nSPS) is 11.5. The number of carbonyl (C=O) groups excluding carboxylic acids is 1. The Morgan fingerprint density at radius 3 is 2.55 bits per heavy atom. The van der Waals surface area contributed by atoms with Gasteiger partial charge in [-0.15, -0.1) is 21.5 Å². The van der Waals surface area contributed by atoms with E-state index in [1.165, 1.54) is 30.7 Å². The van der Waals surface area contributed by atoms with Crippen molar-refractivity contribution in [3.63, 3.8) is 0 Å². The first kappa shape index (κ1) is 22.3. The molecule has 0 radical (unpaired) electrons. The third-order valence-electron chi connectivity index (χ3n) is 4.27. The second kappa shape index (κ2) is 8.54. The molecule has 0 fully saturated rings. The summed E-state index contributed by atoms with van der Waals surface area (Å²) < 4.78 is 73.1. The topological polar surface area (TPSA) is 94.8 Å². The number of hydrogen-bond donors (Lipinski definition) is 1. The summed E-state index contributed by atoms with van der Waals surface area (Å²) >= 11 is 0.894. The average Bonchev–Trinajstić information content (AvgIpc) is 3.43. The number of nitrogens with zero attached hydrogens (tertiary/aromatic N) is 5. The zero-order valence-electron chi connectivity index (χ0n) is 16.4. The van der Waals surface area contributed by atoms with Crippen molar-refractivity contribution in [2.75, 3.05) is 12.4 Å². The van der Waals surface area contributed by atoms with Gasteiger partial charge in [0.05, 0.1) is 24.6 Å². The lowest BCUT2D eigenvalue weighted by atomic mass is 10.2. The summed E-state index contributed by atoms with van der Waals surface area (Å²) in [5, 5.41) is 14.5. The van der Waals surface area contributed by atoms with Crippen LogP contribution in [0.2, 0.25) is 0 Å². The average molecular weight is 482 g/mol. The van der Waals surface area contributed by atoms with E-state index in [1.807, 2.05) is 0 Å². The molecule has 0 saturated carbocycles. The van der Waals surface area contributed by atoms with Crippen LogP contribution < -0.4 is 10.1 Å². The Kier molecular flexibility index (Phi) is 5.76. The first-order valence-electron chi connectivity index (χ1n) is 8.93. The molecule has 3 heterocycles. The van der Waals surface area contributed by atoms with E-state index in [-0.39, 0.29) is 28.1 Å². The fourth-order valence-electron chi connectivity index (χ4n) is 2.78. The number of aromatic nitrogens is 5. The van der Waals surface area contributed by atoms with Crippen molar-refractivity contribution in [1.29, 1.82) is 0 Å². The highest BCUT2D eigenvalue weighted by Crippen LogP contribution is 2.34. The summed E-state index contributed by atoms with van der Waals surface area (Å²) in [6.45, 7) is 0. The van der Waals surface area contributed by atoms with Crippen LogP contribution in [0, 0.1) is 11.6 Å². The Bertz CT molecular complexity index is 1320. The molecule has 14 heteroatoms. The third kappa shape index (κ3) is 4.50. The molecular weight excluding hydrogens is 471 g/mol. The Balaban J connectivity index is 1.63. The molecule has 1 amide bonds. The number of benzene rings is 1. The number of methoxy groups -OCH3 is 1. The third-order valence-corrected chi connectivity index (χ3v) is 5.03. The summed E-state index contributed by atoms with van der Waals surface area (Å²) in [4.78, 5) is 16.7. The monoisotopic (exact) mass is 482 g/mol. The van der Waals surface area contributed by atoms with Crippen molar-refractivity contribution in [2.24, 2.45) is 0 Å². The van der Waals surface area contributed by atoms with Crippen molar-refractivity contribution >= 4 is 22.4 Å². The second-order valence-electron chi connectivity index (χ2n) is 6.37. The van der Waals surface area contributed by atoms with Crippen LogP contribution in [-0.2, 0) is 6.18 Å². The van der Waals surface area contributed by atoms with Crippen LogP contribution in [0.3, 0.4) is 0 Å². The van der Waals surface area contributed by atoms with E-state index < -0.39 is 35.0 Å². The van der Waals surface area contributed by atoms with Crippen LogP contribution in [0.4, 0.5) is 27.1 Å². The molecule has 3 aromatic heterocycles. The van der Waals surface area contributed by atoms with E-state index in [1.54, 1.807) is 0 Å². The predicted octanol–water partition coefficient (Wildman–Crippen LogP) is 4.34. The molecule has 0 spiro atoms. The maximum atomic E-state index is 13.8. The molecule has 0 saturated heterocycles. The number of alkyl halides is 3. The van der Waals surface area contributed by atoms with Crippen molar-refractivity contribution < 1.29 is 31.5 Å². The first-order valence-corrected chi connectivity index (χ1v) is 9.81. The summed E-state index contributed by atoms with van der Waals surface area (Å²) in [5.41, 5.74) is -1.71. The largest absolute Gasteiger partial charge is 0.480 e. The Morgan fingerprint density at radius 1 is 1.12 bits per heavy atom. The van der Waals surface area contributed by atoms with Gasteiger partial charge in [0.25, 0.3) is 5.91 Å². The number of ether oxygens (including phenoxy) is 1. The molecule has 1 aromatic carbocycles. The number of anilines is 1. The molecule has 170 valence electrons. The van der Waals surface area contributed by atoms with Crippen molar-refractivity contribution in [1.82, 2.24) is 25.0 Å². The van der Waals surface area contributed by atoms with Gasteiger partial charge in [0.2, 0.25) is 5.88 Å². The van der Waals surface area contributed by atoms with E-state index in [0.29, 0.717) is 4.68 Å². The van der Waals surface area contributed by atoms with Crippen molar-refractivity contribution in [2.45, 2.75) is 6.18 Å². The molecule has 0 aliphatic rings. The Hall–Kier alpha value is -3.94. The minimum absolute atomic E-state index is 0.0511. The van der Waals surface area contributed by atoms with Gasteiger partial charge >= 0.3 is 6.18 Å². The number of halogens is 5. The molecule has 33 heavy (non-hydrogen) atoms. The lowest BCUT2D eigenvalue weighted by Crippen LogP contribution is -2.21. The standard InChI is InChI=1S/C19H11F5N6O2S/c1-32-15-5-4-14(28-29-15)30-16(19(22,23)24)10(7-25-30)17(31)27-18-26-13(8-33-18)9-2-3-11(20)12(21)6-9/h2-8H,1H3,(H,26,27,31). The van der Waals surface area contributed by atoms with Gasteiger partial charge in [0.15, 0.2) is 28.3 Å². The van der Waals surface area contributed by atoms with E-state index >= 15 is 0 Å². The SMILES string of the molecule is COc1ccc(-n2ncc(C(=O)Nc3nc(-c4ccc(F)c(F)c4)cs3)c2C(F)(F)F)nn1. The molecule has 0 aliphatic carbocycles. The van der Waals surface area contributed by atoms with Crippen LogP contribution in [0.1, 0.15) is 16.1 Å². The molecule has 0 bridgehead atoms. The van der Waals surface area contributed by atoms with E-state index in [4.69, 9.17) is 4.74 Å². The van der Waals surface area contributed by atoms with Crippen LogP contribution in [0.25, 0.3) is 17.1 Å². The Labute approximate surface area is 185 Å². The van der Waals surface area contributed by atoms with Gasteiger partial charge in [0.1, 0.15) is 0 Å². The minimum atomic E-state index is -4.95. The highest BCUT2D eigenvalue weighted by molar-refractivity contribution is 7.14. The van der Waals surface area contributed by atoms with Gasteiger partial charge in [-0.3, -0.25) is 10.1 Å². The number of amides is 1. The van der Waals surface area contributed by atoms with Gasteiger partial charge in [-0.1, -0.05) is 0 Å². The van der Waals surface area contributed by atoms with Crippen molar-refractivity contribution in [3.05, 3.63) is 64.8 Å². The highest BCUT2D eigenvalue weighted by Gasteiger charge is 2.41. The highest BCUT2D eigenvalue weighted by atomic mass is 32.1. The van der Waals surface area contributed by atoms with Crippen LogP contribution in [-0.4, -0.2) is 38.0 Å². The molecule has 4 rings (SSSR count). The number of thiazole rings is 1. The van der Waals surface area contributed by atoms with Crippen molar-refractivity contribution in [3.8, 4) is 23.0 Å². The summed E-state index contributed by atoms with van der Waals surface area (Å²) in [5.74, 6) is -3.45. The lowest BCUT2D eigenvalue weighted by Gasteiger charge is -2.11. The zero-order chi connectivity index (χ0) is 23.8. The van der Waals surface area contributed by atoms with Gasteiger partial charge in [-0.05, 0) is 24.3 Å². The fourth-order valence-corrected chi connectivity index (χ4v) is 3.49. The number of hydrogen-bond acceptors (Lipinski definition) is 7. The van der Waals surface area contributed by atoms with E-state index in [9.17, 15) is 26.7 Å². The summed E-state index contributed by atoms with van der Waals surface area (Å²) in [6, 6.07) is 5.59. The maximum absolute atomic E-state index is 13.8. The van der Waals surface area contributed by atoms with Gasteiger partial charge in [-0.25, -0.2) is 18.4 Å². The van der Waals surface area contributed by atoms with E-state index in [2.05, 4.69) is 25.6 Å². The Morgan fingerprint density at radius 2 is 1.91 bits per heavy atom. The van der Waals surface area contributed by atoms with Crippen LogP contribution in [0.15, 0.2) is 41.9 Å². The smallest absolute Gasteiger partial charge is 0.434 e. The van der Waals surface area contributed by atoms with E-state index in [0.717, 1.165) is 29.7 Å². The minimum Gasteiger partial charge on any atom is -0.480 e. The van der Waals surface area contributed by atoms with Gasteiger partial charge in [-0.2, -0.15) is 18.3 Å². The number of carbonyl (C=O) groups is 1. The van der Waals surface area contributed by atoms with Crippen LogP contribution >= 0.6 is 11.3 Å². The van der Waals surface area contributed by atoms with Gasteiger partial charge < -0.3 is 4.74 Å². The summed E-state index contributed by atoms with van der Waals surface area (Å²) in [6.07, 6.45) is -4.21. The van der Waals surface area contributed by atoms with Gasteiger partial charge in [0, 0.05) is 17.0 Å². The molecule has 8 nitrogen and oxygen atoms in total. The van der Waals surface area contributed by atoms with Crippen LogP contribution in [0.5, 0.6) is 5.88 Å². The zero-order valence-corrected chi connectivity index (χ0v) is 17.2.